The Morgan fingerprint density at radius 2 is 2.16 bits per heavy atom. The van der Waals surface area contributed by atoms with Crippen molar-refractivity contribution in [2.24, 2.45) is 5.41 Å². The SMILES string of the molecule is CC(C)(C)[C@H](Cn1ccnc1)NC(=O)c1nc2ccc(Cl)cn2c1F. The number of carbonyl (C=O) groups is 1. The average molecular weight is 364 g/mol. The summed E-state index contributed by atoms with van der Waals surface area (Å²) in [7, 11) is 0. The summed E-state index contributed by atoms with van der Waals surface area (Å²) in [5.74, 6) is -1.29. The van der Waals surface area contributed by atoms with E-state index in [1.165, 1.54) is 10.6 Å². The van der Waals surface area contributed by atoms with Gasteiger partial charge in [-0.05, 0) is 17.5 Å². The predicted molar refractivity (Wildman–Crippen MR) is 93.1 cm³/mol. The van der Waals surface area contributed by atoms with Crippen molar-refractivity contribution < 1.29 is 9.18 Å². The number of halogens is 2. The molecule has 25 heavy (non-hydrogen) atoms. The van der Waals surface area contributed by atoms with Crippen molar-refractivity contribution in [2.45, 2.75) is 33.4 Å². The molecule has 0 fully saturated rings. The maximum absolute atomic E-state index is 14.5. The molecule has 3 rings (SSSR count). The number of hydrogen-bond acceptors (Lipinski definition) is 3. The summed E-state index contributed by atoms with van der Waals surface area (Å²) in [6.45, 7) is 6.55. The van der Waals surface area contributed by atoms with Crippen LogP contribution in [-0.2, 0) is 6.54 Å². The van der Waals surface area contributed by atoms with Gasteiger partial charge >= 0.3 is 0 Å². The number of rotatable bonds is 4. The van der Waals surface area contributed by atoms with Gasteiger partial charge < -0.3 is 9.88 Å². The number of imidazole rings is 2. The molecule has 1 N–H and O–H groups in total. The summed E-state index contributed by atoms with van der Waals surface area (Å²) in [6.07, 6.45) is 6.56. The van der Waals surface area contributed by atoms with E-state index >= 15 is 0 Å². The second kappa shape index (κ2) is 6.48. The number of nitrogens with one attached hydrogen (secondary N) is 1. The van der Waals surface area contributed by atoms with Crippen LogP contribution in [0.25, 0.3) is 5.65 Å². The van der Waals surface area contributed by atoms with Gasteiger partial charge in [0.25, 0.3) is 5.91 Å². The molecule has 0 saturated carbocycles. The van der Waals surface area contributed by atoms with E-state index < -0.39 is 11.9 Å². The van der Waals surface area contributed by atoms with Crippen LogP contribution < -0.4 is 5.32 Å². The smallest absolute Gasteiger partial charge is 0.274 e. The molecule has 8 heteroatoms. The number of hydrogen-bond donors (Lipinski definition) is 1. The zero-order valence-corrected chi connectivity index (χ0v) is 15.0. The molecule has 132 valence electrons. The van der Waals surface area contributed by atoms with E-state index in [4.69, 9.17) is 11.6 Å². The van der Waals surface area contributed by atoms with Gasteiger partial charge in [-0.1, -0.05) is 32.4 Å². The van der Waals surface area contributed by atoms with Crippen LogP contribution in [0.4, 0.5) is 4.39 Å². The second-order valence-corrected chi connectivity index (χ2v) is 7.41. The Balaban J connectivity index is 1.87. The first-order valence-corrected chi connectivity index (χ1v) is 8.23. The Labute approximate surface area is 149 Å². The maximum atomic E-state index is 14.5. The maximum Gasteiger partial charge on any atom is 0.274 e. The molecule has 0 aromatic carbocycles. The zero-order chi connectivity index (χ0) is 18.2. The standard InChI is InChI=1S/C17H19ClFN5O/c1-17(2,3)12(9-23-7-6-20-10-23)21-16(25)14-15(19)24-8-11(18)4-5-13(24)22-14/h4-8,10,12H,9H2,1-3H3,(H,21,25)/t12-/m0/s1. The number of nitrogens with zero attached hydrogens (tertiary/aromatic N) is 4. The van der Waals surface area contributed by atoms with Gasteiger partial charge in [0.2, 0.25) is 5.95 Å². The molecule has 3 aromatic rings. The molecule has 0 radical (unpaired) electrons. The van der Waals surface area contributed by atoms with Crippen molar-refractivity contribution >= 4 is 23.2 Å². The van der Waals surface area contributed by atoms with Crippen molar-refractivity contribution in [3.8, 4) is 0 Å². The number of fused-ring (bicyclic) bond motifs is 1. The summed E-state index contributed by atoms with van der Waals surface area (Å²) < 4.78 is 17.6. The molecular formula is C17H19ClFN5O. The Bertz CT molecular complexity index is 898. The third kappa shape index (κ3) is 3.66. The highest BCUT2D eigenvalue weighted by atomic mass is 35.5. The molecule has 6 nitrogen and oxygen atoms in total. The van der Waals surface area contributed by atoms with E-state index in [1.807, 2.05) is 31.5 Å². The first kappa shape index (κ1) is 17.4. The molecule has 0 aliphatic rings. The molecule has 0 spiro atoms. The van der Waals surface area contributed by atoms with Crippen LogP contribution in [0.2, 0.25) is 5.02 Å². The van der Waals surface area contributed by atoms with Crippen molar-refractivity contribution in [3.05, 3.63) is 53.7 Å². The largest absolute Gasteiger partial charge is 0.345 e. The predicted octanol–water partition coefficient (Wildman–Crippen LogP) is 3.17. The van der Waals surface area contributed by atoms with Crippen LogP contribution in [0.5, 0.6) is 0 Å². The van der Waals surface area contributed by atoms with Crippen LogP contribution in [0.1, 0.15) is 31.3 Å². The van der Waals surface area contributed by atoms with Gasteiger partial charge in [-0.15, -0.1) is 0 Å². The third-order valence-corrected chi connectivity index (χ3v) is 4.27. The second-order valence-electron chi connectivity index (χ2n) is 6.98. The zero-order valence-electron chi connectivity index (χ0n) is 14.2. The topological polar surface area (TPSA) is 64.2 Å². The summed E-state index contributed by atoms with van der Waals surface area (Å²) in [5.41, 5.74) is -0.157. The Kier molecular flexibility index (Phi) is 4.51. The quantitative estimate of drug-likeness (QED) is 0.774. The van der Waals surface area contributed by atoms with E-state index in [1.54, 1.807) is 24.7 Å². The Hall–Kier alpha value is -2.41. The number of aromatic nitrogens is 4. The van der Waals surface area contributed by atoms with Crippen LogP contribution in [0.3, 0.4) is 0 Å². The molecule has 0 unspecified atom stereocenters. The fourth-order valence-electron chi connectivity index (χ4n) is 2.50. The van der Waals surface area contributed by atoms with Crippen LogP contribution in [-0.4, -0.2) is 30.9 Å². The van der Waals surface area contributed by atoms with Gasteiger partial charge in [-0.3, -0.25) is 9.20 Å². The highest BCUT2D eigenvalue weighted by Crippen LogP contribution is 2.22. The number of pyridine rings is 1. The van der Waals surface area contributed by atoms with Crippen molar-refractivity contribution in [1.29, 1.82) is 0 Å². The first-order chi connectivity index (χ1) is 11.8. The monoisotopic (exact) mass is 363 g/mol. The van der Waals surface area contributed by atoms with Gasteiger partial charge in [-0.25, -0.2) is 9.97 Å². The summed E-state index contributed by atoms with van der Waals surface area (Å²) >= 11 is 5.88. The van der Waals surface area contributed by atoms with Crippen molar-refractivity contribution in [3.63, 3.8) is 0 Å². The lowest BCUT2D eigenvalue weighted by atomic mass is 9.86. The van der Waals surface area contributed by atoms with Crippen LogP contribution in [0.15, 0.2) is 37.1 Å². The number of carbonyl (C=O) groups excluding carboxylic acids is 1. The van der Waals surface area contributed by atoms with E-state index in [2.05, 4.69) is 15.3 Å². The van der Waals surface area contributed by atoms with Crippen LogP contribution in [0, 0.1) is 11.4 Å². The molecule has 0 aliphatic carbocycles. The molecule has 1 atom stereocenters. The lowest BCUT2D eigenvalue weighted by Gasteiger charge is -2.31. The van der Waals surface area contributed by atoms with Gasteiger partial charge in [-0.2, -0.15) is 4.39 Å². The lowest BCUT2D eigenvalue weighted by Crippen LogP contribution is -2.46. The van der Waals surface area contributed by atoms with E-state index in [-0.39, 0.29) is 17.2 Å². The van der Waals surface area contributed by atoms with Crippen molar-refractivity contribution in [2.75, 3.05) is 0 Å². The minimum atomic E-state index is -0.731. The Morgan fingerprint density at radius 3 is 2.80 bits per heavy atom. The highest BCUT2D eigenvalue weighted by molar-refractivity contribution is 6.30. The molecule has 0 saturated heterocycles. The van der Waals surface area contributed by atoms with Gasteiger partial charge in [0, 0.05) is 25.1 Å². The van der Waals surface area contributed by atoms with Crippen LogP contribution >= 0.6 is 11.6 Å². The summed E-state index contributed by atoms with van der Waals surface area (Å²) in [4.78, 5) is 20.7. The average Bonchev–Trinajstić information content (AvgIpc) is 3.14. The fourth-order valence-corrected chi connectivity index (χ4v) is 2.66. The fraction of sp³-hybridized carbons (Fsp3) is 0.353. The van der Waals surface area contributed by atoms with Gasteiger partial charge in [0.05, 0.1) is 17.4 Å². The van der Waals surface area contributed by atoms with Gasteiger partial charge in [0.15, 0.2) is 5.69 Å². The third-order valence-electron chi connectivity index (χ3n) is 4.04. The summed E-state index contributed by atoms with van der Waals surface area (Å²) in [6, 6.07) is 2.93. The van der Waals surface area contributed by atoms with E-state index in [0.29, 0.717) is 17.2 Å². The number of amides is 1. The normalized spacial score (nSPS) is 13.2. The first-order valence-electron chi connectivity index (χ1n) is 7.85. The minimum absolute atomic E-state index is 0.234. The Morgan fingerprint density at radius 1 is 1.40 bits per heavy atom. The van der Waals surface area contributed by atoms with E-state index in [0.717, 1.165) is 0 Å². The summed E-state index contributed by atoms with van der Waals surface area (Å²) in [5, 5.41) is 3.26. The molecule has 3 heterocycles. The highest BCUT2D eigenvalue weighted by Gasteiger charge is 2.29. The molecule has 0 bridgehead atoms. The molecule has 0 aliphatic heterocycles. The van der Waals surface area contributed by atoms with Crippen molar-refractivity contribution in [1.82, 2.24) is 24.3 Å². The lowest BCUT2D eigenvalue weighted by molar-refractivity contribution is 0.0883. The molecular weight excluding hydrogens is 345 g/mol. The minimum Gasteiger partial charge on any atom is -0.345 e. The molecule has 1 amide bonds. The van der Waals surface area contributed by atoms with E-state index in [9.17, 15) is 9.18 Å². The molecule has 3 aromatic heterocycles. The van der Waals surface area contributed by atoms with Gasteiger partial charge in [0.1, 0.15) is 5.65 Å².